The number of benzene rings is 3. The van der Waals surface area contributed by atoms with Crippen LogP contribution in [0.25, 0.3) is 0 Å². The zero-order valence-corrected chi connectivity index (χ0v) is 22.3. The molecule has 40 heavy (non-hydrogen) atoms. The molecule has 3 N–H and O–H groups in total. The number of carboxylic acid groups (broad SMARTS) is 1. The Labute approximate surface area is 237 Å². The zero-order valence-electron chi connectivity index (χ0n) is 20.8. The van der Waals surface area contributed by atoms with E-state index in [-0.39, 0.29) is 33.2 Å². The number of rotatable bonds is 7. The Morgan fingerprint density at radius 3 is 2.58 bits per heavy atom. The first kappa shape index (κ1) is 28.4. The fraction of sp³-hybridized carbons (Fsp3) is 0.148. The highest BCUT2D eigenvalue weighted by Gasteiger charge is 2.25. The number of imide groups is 1. The van der Waals surface area contributed by atoms with Crippen molar-refractivity contribution in [2.45, 2.75) is 19.9 Å². The summed E-state index contributed by atoms with van der Waals surface area (Å²) in [5.41, 5.74) is 4.83. The fourth-order valence-electron chi connectivity index (χ4n) is 3.99. The third-order valence-electron chi connectivity index (χ3n) is 5.97. The van der Waals surface area contributed by atoms with Crippen molar-refractivity contribution in [1.29, 1.82) is 5.26 Å². The largest absolute Gasteiger partial charge is 0.465 e. The van der Waals surface area contributed by atoms with E-state index in [0.29, 0.717) is 30.8 Å². The second-order valence-corrected chi connectivity index (χ2v) is 9.50. The Bertz CT molecular complexity index is 1580. The van der Waals surface area contributed by atoms with Crippen molar-refractivity contribution >= 4 is 52.5 Å². The van der Waals surface area contributed by atoms with E-state index in [2.05, 4.69) is 10.5 Å². The summed E-state index contributed by atoms with van der Waals surface area (Å²) in [5, 5.41) is 22.9. The number of nitrogens with one attached hydrogen (secondary N) is 2. The number of hydrogen-bond acceptors (Lipinski definition) is 7. The maximum absolute atomic E-state index is 13.7. The molecule has 0 unspecified atom stereocenters. The number of halogens is 3. The molecule has 0 fully saturated rings. The first-order valence-electron chi connectivity index (χ1n) is 11.7. The highest BCUT2D eigenvalue weighted by Crippen LogP contribution is 2.39. The maximum Gasteiger partial charge on any atom is 0.411 e. The van der Waals surface area contributed by atoms with Gasteiger partial charge >= 0.3 is 6.09 Å². The van der Waals surface area contributed by atoms with E-state index in [1.807, 2.05) is 6.92 Å². The minimum absolute atomic E-state index is 0.0733. The van der Waals surface area contributed by atoms with Crippen molar-refractivity contribution in [2.75, 3.05) is 12.0 Å². The molecule has 3 amide bonds. The van der Waals surface area contributed by atoms with E-state index in [9.17, 15) is 18.8 Å². The maximum atomic E-state index is 13.7. The summed E-state index contributed by atoms with van der Waals surface area (Å²) in [5.74, 6) is -1.22. The lowest BCUT2D eigenvalue weighted by atomic mass is 9.97. The van der Waals surface area contributed by atoms with E-state index in [1.54, 1.807) is 29.2 Å². The summed E-state index contributed by atoms with van der Waals surface area (Å²) in [6.07, 6.45) is -1.07. The van der Waals surface area contributed by atoms with Crippen LogP contribution in [0.5, 0.6) is 11.5 Å². The molecule has 0 aliphatic carbocycles. The molecule has 0 saturated carbocycles. The molecule has 1 heterocycles. The Kier molecular flexibility index (Phi) is 8.52. The number of hydrogen-bond donors (Lipinski definition) is 3. The van der Waals surface area contributed by atoms with Crippen LogP contribution in [-0.4, -0.2) is 40.2 Å². The van der Waals surface area contributed by atoms with Gasteiger partial charge in [0.1, 0.15) is 17.6 Å². The van der Waals surface area contributed by atoms with Crippen LogP contribution in [0.1, 0.15) is 27.0 Å². The fourth-order valence-corrected chi connectivity index (χ4v) is 4.55. The van der Waals surface area contributed by atoms with Crippen LogP contribution < -0.4 is 15.5 Å². The summed E-state index contributed by atoms with van der Waals surface area (Å²) in [4.78, 5) is 37.0. The molecule has 0 saturated heterocycles. The van der Waals surface area contributed by atoms with Gasteiger partial charge in [0.05, 0.1) is 15.7 Å². The van der Waals surface area contributed by atoms with Gasteiger partial charge in [0, 0.05) is 18.7 Å². The van der Waals surface area contributed by atoms with Gasteiger partial charge in [-0.05, 0) is 72.5 Å². The van der Waals surface area contributed by atoms with Crippen molar-refractivity contribution in [3.05, 3.63) is 86.6 Å². The molecule has 3 aromatic carbocycles. The van der Waals surface area contributed by atoms with Crippen LogP contribution in [0.15, 0.2) is 53.6 Å². The van der Waals surface area contributed by atoms with E-state index in [0.717, 1.165) is 16.7 Å². The van der Waals surface area contributed by atoms with E-state index in [1.165, 1.54) is 35.7 Å². The second kappa shape index (κ2) is 12.0. The van der Waals surface area contributed by atoms with Gasteiger partial charge < -0.3 is 14.7 Å². The van der Waals surface area contributed by atoms with Gasteiger partial charge in [0.2, 0.25) is 5.71 Å². The summed E-state index contributed by atoms with van der Waals surface area (Å²) in [6, 6.07) is 13.7. The van der Waals surface area contributed by atoms with Crippen molar-refractivity contribution in [3.8, 4) is 17.6 Å². The summed E-state index contributed by atoms with van der Waals surface area (Å²) in [7, 11) is 0. The summed E-state index contributed by atoms with van der Waals surface area (Å²) < 4.78 is 19.6. The molecule has 13 heteroatoms. The van der Waals surface area contributed by atoms with Crippen LogP contribution in [0.3, 0.4) is 0 Å². The zero-order chi connectivity index (χ0) is 29.0. The van der Waals surface area contributed by atoms with Gasteiger partial charge in [0.15, 0.2) is 5.75 Å². The van der Waals surface area contributed by atoms with Crippen molar-refractivity contribution < 1.29 is 28.6 Å². The van der Waals surface area contributed by atoms with Crippen LogP contribution in [0, 0.1) is 24.1 Å². The molecular formula is C27H20Cl2FN5O5. The van der Waals surface area contributed by atoms with Crippen LogP contribution >= 0.6 is 23.2 Å². The SMILES string of the molecule is Cc1ccc(F)cc1CN1CCc2cc(Oc3c(Cl)cc(NN=C(C#N)C(=O)NC(=O)O)cc3Cl)ccc2C1=O. The van der Waals surface area contributed by atoms with Crippen LogP contribution in [-0.2, 0) is 17.8 Å². The molecular weight excluding hydrogens is 564 g/mol. The number of hydrazone groups is 1. The number of fused-ring (bicyclic) bond motifs is 1. The Morgan fingerprint density at radius 1 is 1.18 bits per heavy atom. The molecule has 10 nitrogen and oxygen atoms in total. The van der Waals surface area contributed by atoms with E-state index < -0.39 is 17.7 Å². The Morgan fingerprint density at radius 2 is 1.90 bits per heavy atom. The summed E-state index contributed by atoms with van der Waals surface area (Å²) in [6.45, 7) is 2.62. The average Bonchev–Trinajstić information content (AvgIpc) is 2.90. The van der Waals surface area contributed by atoms with Gasteiger partial charge in [-0.25, -0.2) is 9.18 Å². The molecule has 0 radical (unpaired) electrons. The van der Waals surface area contributed by atoms with Gasteiger partial charge in [0.25, 0.3) is 11.8 Å². The smallest absolute Gasteiger partial charge is 0.411 e. The van der Waals surface area contributed by atoms with Crippen molar-refractivity contribution in [2.24, 2.45) is 5.10 Å². The number of carbonyl (C=O) groups excluding carboxylic acids is 2. The van der Waals surface area contributed by atoms with E-state index in [4.69, 9.17) is 38.3 Å². The predicted molar refractivity (Wildman–Crippen MR) is 145 cm³/mol. The monoisotopic (exact) mass is 583 g/mol. The first-order valence-corrected chi connectivity index (χ1v) is 12.4. The lowest BCUT2D eigenvalue weighted by molar-refractivity contribution is -0.114. The topological polar surface area (TPSA) is 144 Å². The number of ether oxygens (including phenoxy) is 1. The molecule has 1 aliphatic rings. The Hall–Kier alpha value is -4.66. The highest BCUT2D eigenvalue weighted by atomic mass is 35.5. The Balaban J connectivity index is 1.48. The number of carbonyl (C=O) groups is 3. The lowest BCUT2D eigenvalue weighted by Gasteiger charge is -2.29. The number of nitrogens with zero attached hydrogens (tertiary/aromatic N) is 3. The van der Waals surface area contributed by atoms with Crippen LogP contribution in [0.4, 0.5) is 14.9 Å². The van der Waals surface area contributed by atoms with E-state index >= 15 is 0 Å². The minimum Gasteiger partial charge on any atom is -0.465 e. The van der Waals surface area contributed by atoms with Gasteiger partial charge in [-0.3, -0.25) is 20.3 Å². The summed E-state index contributed by atoms with van der Waals surface area (Å²) >= 11 is 12.7. The molecule has 0 bridgehead atoms. The van der Waals surface area contributed by atoms with Gasteiger partial charge in [-0.2, -0.15) is 10.4 Å². The molecule has 0 aromatic heterocycles. The number of aryl methyl sites for hydroxylation is 1. The minimum atomic E-state index is -1.64. The quantitative estimate of drug-likeness (QED) is 0.245. The average molecular weight is 584 g/mol. The third kappa shape index (κ3) is 6.48. The third-order valence-corrected chi connectivity index (χ3v) is 6.54. The molecule has 1 aliphatic heterocycles. The van der Waals surface area contributed by atoms with Crippen molar-refractivity contribution in [1.82, 2.24) is 10.2 Å². The first-order chi connectivity index (χ1) is 19.0. The number of nitriles is 1. The highest BCUT2D eigenvalue weighted by molar-refractivity contribution is 6.46. The predicted octanol–water partition coefficient (Wildman–Crippen LogP) is 5.52. The second-order valence-electron chi connectivity index (χ2n) is 8.68. The van der Waals surface area contributed by atoms with Gasteiger partial charge in [-0.15, -0.1) is 0 Å². The van der Waals surface area contributed by atoms with Crippen LogP contribution in [0.2, 0.25) is 10.0 Å². The van der Waals surface area contributed by atoms with Gasteiger partial charge in [-0.1, -0.05) is 29.3 Å². The molecule has 204 valence electrons. The van der Waals surface area contributed by atoms with Crippen molar-refractivity contribution in [3.63, 3.8) is 0 Å². The molecule has 4 rings (SSSR count). The standard InChI is InChI=1S/C27H20Cl2FN5O5/c1-14-2-3-17(30)8-16(14)13-35-7-6-15-9-19(4-5-20(15)26(35)37)40-24-21(28)10-18(11-22(24)29)33-34-23(12-31)25(36)32-27(38)39/h2-5,8-11,33H,6-7,13H2,1H3,(H,32,36)(H,38,39). The lowest BCUT2D eigenvalue weighted by Crippen LogP contribution is -2.37. The normalized spacial score (nSPS) is 12.8. The number of amides is 3. The molecule has 3 aromatic rings. The molecule has 0 atom stereocenters. The number of anilines is 1. The molecule has 0 spiro atoms.